The molecule has 2 aliphatic rings. The molecule has 6 rings (SSSR count). The Morgan fingerprint density at radius 1 is 0.980 bits per heavy atom. The number of esters is 1. The maximum absolute atomic E-state index is 15.4. The summed E-state index contributed by atoms with van der Waals surface area (Å²) < 4.78 is 67.0. The van der Waals surface area contributed by atoms with Gasteiger partial charge in [0.25, 0.3) is 0 Å². The lowest BCUT2D eigenvalue weighted by Crippen LogP contribution is -2.33. The van der Waals surface area contributed by atoms with Crippen molar-refractivity contribution in [3.05, 3.63) is 106 Å². The van der Waals surface area contributed by atoms with Gasteiger partial charge in [0.15, 0.2) is 0 Å². The zero-order valence-corrected chi connectivity index (χ0v) is 27.9. The van der Waals surface area contributed by atoms with Crippen LogP contribution in [0.5, 0.6) is 5.88 Å². The first-order chi connectivity index (χ1) is 24.6. The van der Waals surface area contributed by atoms with Crippen LogP contribution >= 0.6 is 0 Å². The molecule has 3 aromatic carbocycles. The Kier molecular flexibility index (Phi) is 10.7. The molecule has 51 heavy (non-hydrogen) atoms. The number of hydrogen-bond acceptors (Lipinski definition) is 9. The Morgan fingerprint density at radius 2 is 1.78 bits per heavy atom. The van der Waals surface area contributed by atoms with E-state index in [0.29, 0.717) is 26.2 Å². The summed E-state index contributed by atoms with van der Waals surface area (Å²) in [6, 6.07) is 14.5. The molecule has 4 aromatic rings. The minimum Gasteiger partial charge on any atom is -0.473 e. The zero-order valence-electron chi connectivity index (χ0n) is 27.9. The molecule has 0 spiro atoms. The molecule has 11 nitrogen and oxygen atoms in total. The first-order valence-electron chi connectivity index (χ1n) is 16.3. The predicted octanol–water partition coefficient (Wildman–Crippen LogP) is 6.39. The number of benzene rings is 3. The molecule has 0 aliphatic carbocycles. The first-order valence-corrected chi connectivity index (χ1v) is 16.3. The summed E-state index contributed by atoms with van der Waals surface area (Å²) in [7, 11) is 1.34. The normalized spacial score (nSPS) is 14.7. The van der Waals surface area contributed by atoms with E-state index in [1.165, 1.54) is 19.2 Å². The van der Waals surface area contributed by atoms with Crippen LogP contribution in [0.15, 0.2) is 60.7 Å². The van der Waals surface area contributed by atoms with Crippen LogP contribution in [0, 0.1) is 17.5 Å². The molecule has 0 radical (unpaired) electrons. The van der Waals surface area contributed by atoms with E-state index in [0.717, 1.165) is 41.3 Å². The summed E-state index contributed by atoms with van der Waals surface area (Å²) >= 11 is 0. The molecule has 3 heterocycles. The van der Waals surface area contributed by atoms with Gasteiger partial charge in [0.1, 0.15) is 29.7 Å². The molecular formula is C37H35F3N4O7. The fourth-order valence-electron chi connectivity index (χ4n) is 5.75. The van der Waals surface area contributed by atoms with Crippen molar-refractivity contribution in [3.8, 4) is 17.1 Å². The van der Waals surface area contributed by atoms with Crippen LogP contribution in [0.2, 0.25) is 0 Å². The van der Waals surface area contributed by atoms with Gasteiger partial charge in [-0.15, -0.1) is 0 Å². The number of nitrogens with zero attached hydrogens (tertiary/aromatic N) is 2. The number of hydrogen-bond donors (Lipinski definition) is 2. The van der Waals surface area contributed by atoms with E-state index >= 15 is 13.2 Å². The molecule has 2 aliphatic heterocycles. The number of pyridine rings is 1. The fraction of sp³-hybridized carbons (Fsp3) is 0.297. The number of fused-ring (bicyclic) bond motifs is 1. The van der Waals surface area contributed by atoms with Gasteiger partial charge in [-0.1, -0.05) is 24.3 Å². The molecule has 2 amide bonds. The highest BCUT2D eigenvalue weighted by Crippen LogP contribution is 2.31. The van der Waals surface area contributed by atoms with Crippen molar-refractivity contribution in [2.75, 3.05) is 37.5 Å². The maximum atomic E-state index is 15.4. The number of nitrogens with one attached hydrogen (secondary N) is 2. The molecule has 1 saturated heterocycles. The van der Waals surface area contributed by atoms with Gasteiger partial charge in [-0.25, -0.2) is 27.7 Å². The van der Waals surface area contributed by atoms with Crippen LogP contribution in [-0.4, -0.2) is 60.8 Å². The van der Waals surface area contributed by atoms with E-state index < -0.39 is 41.8 Å². The lowest BCUT2D eigenvalue weighted by molar-refractivity contribution is -0.115. The molecule has 0 unspecified atom stereocenters. The van der Waals surface area contributed by atoms with Crippen molar-refractivity contribution in [2.45, 2.75) is 45.6 Å². The number of aromatic nitrogens is 1. The third-order valence-electron chi connectivity index (χ3n) is 8.48. The van der Waals surface area contributed by atoms with Gasteiger partial charge in [-0.05, 0) is 60.4 Å². The zero-order chi connectivity index (χ0) is 36.1. The Bertz CT molecular complexity index is 1970. The lowest BCUT2D eigenvalue weighted by atomic mass is 10.0. The Morgan fingerprint density at radius 3 is 2.53 bits per heavy atom. The molecule has 0 bridgehead atoms. The number of carbonyl (C=O) groups excluding carboxylic acids is 3. The number of carbonyl (C=O) groups is 3. The number of ether oxygens (including phenoxy) is 4. The maximum Gasteiger partial charge on any atom is 0.410 e. The van der Waals surface area contributed by atoms with E-state index in [-0.39, 0.29) is 59.0 Å². The van der Waals surface area contributed by atoms with Crippen molar-refractivity contribution in [3.63, 3.8) is 0 Å². The van der Waals surface area contributed by atoms with Gasteiger partial charge in [-0.3, -0.25) is 9.69 Å². The molecule has 266 valence electrons. The topological polar surface area (TPSA) is 128 Å². The largest absolute Gasteiger partial charge is 0.473 e. The number of methoxy groups -OCH3 is 1. The van der Waals surface area contributed by atoms with Crippen molar-refractivity contribution in [1.82, 2.24) is 9.88 Å². The summed E-state index contributed by atoms with van der Waals surface area (Å²) in [6.07, 6.45) is -0.344. The van der Waals surface area contributed by atoms with Gasteiger partial charge >= 0.3 is 12.1 Å². The smallest absolute Gasteiger partial charge is 0.410 e. The Labute approximate surface area is 291 Å². The van der Waals surface area contributed by atoms with Crippen molar-refractivity contribution in [1.29, 1.82) is 0 Å². The second-order valence-corrected chi connectivity index (χ2v) is 12.0. The van der Waals surface area contributed by atoms with Crippen LogP contribution in [0.4, 0.5) is 29.3 Å². The average Bonchev–Trinajstić information content (AvgIpc) is 3.53. The molecule has 1 fully saturated rings. The number of halogens is 3. The van der Waals surface area contributed by atoms with Crippen LogP contribution in [-0.2, 0) is 45.1 Å². The van der Waals surface area contributed by atoms with Crippen LogP contribution < -0.4 is 15.4 Å². The molecule has 0 saturated carbocycles. The van der Waals surface area contributed by atoms with Gasteiger partial charge in [0.2, 0.25) is 11.8 Å². The van der Waals surface area contributed by atoms with E-state index in [1.54, 1.807) is 24.0 Å². The standard InChI is InChI=1S/C37H35F3N4O7/c1-3-49-36(46)24-13-30(40)35(32(14-24)41-17-26-9-10-50-26)43-33(45)15-23-12-29(39)27(16-28(23)38)31-5-4-6-34(42-31)51-20-21-7-8-22-18-44(37(47)48-2)19-25(22)11-21/h4-8,11-14,16,26,41H,3,9-10,15,17-20H2,1-2H3,(H,43,45)/t26-/m0/s1. The third-order valence-corrected chi connectivity index (χ3v) is 8.48. The minimum atomic E-state index is -0.914. The summed E-state index contributed by atoms with van der Waals surface area (Å²) in [5, 5.41) is 5.42. The van der Waals surface area contributed by atoms with Crippen LogP contribution in [0.3, 0.4) is 0 Å². The van der Waals surface area contributed by atoms with Crippen molar-refractivity contribution in [2.24, 2.45) is 0 Å². The highest BCUT2D eigenvalue weighted by atomic mass is 19.1. The number of rotatable bonds is 12. The molecule has 2 N–H and O–H groups in total. The van der Waals surface area contributed by atoms with Gasteiger partial charge < -0.3 is 29.6 Å². The Balaban J connectivity index is 1.12. The number of amides is 2. The van der Waals surface area contributed by atoms with Gasteiger partial charge in [-0.2, -0.15) is 0 Å². The Hall–Kier alpha value is -5.63. The second-order valence-electron chi connectivity index (χ2n) is 12.0. The van der Waals surface area contributed by atoms with Gasteiger partial charge in [0.05, 0.1) is 43.2 Å². The molecule has 14 heteroatoms. The van der Waals surface area contributed by atoms with Crippen LogP contribution in [0.25, 0.3) is 11.3 Å². The third kappa shape index (κ3) is 8.23. The summed E-state index contributed by atoms with van der Waals surface area (Å²) in [5.74, 6) is -3.99. The highest BCUT2D eigenvalue weighted by molar-refractivity contribution is 5.98. The van der Waals surface area contributed by atoms with E-state index in [1.807, 2.05) is 18.2 Å². The molecular weight excluding hydrogens is 669 g/mol. The summed E-state index contributed by atoms with van der Waals surface area (Å²) in [6.45, 7) is 3.62. The summed E-state index contributed by atoms with van der Waals surface area (Å²) in [4.78, 5) is 43.1. The highest BCUT2D eigenvalue weighted by Gasteiger charge is 2.25. The first kappa shape index (κ1) is 35.2. The average molecular weight is 705 g/mol. The van der Waals surface area contributed by atoms with Crippen molar-refractivity contribution < 1.29 is 46.5 Å². The SMILES string of the molecule is CCOC(=O)c1cc(F)c(NC(=O)Cc2cc(F)c(-c3cccc(OCc4ccc5c(c4)CN(C(=O)OC)C5)n3)cc2F)c(NC[C@@H]2CCO2)c1. The minimum absolute atomic E-state index is 0.0621. The van der Waals surface area contributed by atoms with Crippen LogP contribution in [0.1, 0.15) is 46.0 Å². The summed E-state index contributed by atoms with van der Waals surface area (Å²) in [5.41, 5.74) is 2.31. The number of anilines is 2. The quantitative estimate of drug-likeness (QED) is 0.161. The second kappa shape index (κ2) is 15.5. The molecule has 1 aromatic heterocycles. The lowest BCUT2D eigenvalue weighted by Gasteiger charge is -2.27. The van der Waals surface area contributed by atoms with E-state index in [2.05, 4.69) is 15.6 Å². The van der Waals surface area contributed by atoms with E-state index in [9.17, 15) is 14.4 Å². The van der Waals surface area contributed by atoms with Gasteiger partial charge in [0, 0.05) is 43.4 Å². The van der Waals surface area contributed by atoms with E-state index in [4.69, 9.17) is 18.9 Å². The van der Waals surface area contributed by atoms with Crippen molar-refractivity contribution >= 4 is 29.3 Å². The fourth-order valence-corrected chi connectivity index (χ4v) is 5.75. The predicted molar refractivity (Wildman–Crippen MR) is 180 cm³/mol. The monoisotopic (exact) mass is 704 g/mol. The molecule has 1 atom stereocenters.